The molecule has 0 amide bonds. The Bertz CT molecular complexity index is 2960. The zero-order valence-corrected chi connectivity index (χ0v) is 32.7. The highest BCUT2D eigenvalue weighted by Gasteiger charge is 2.47. The molecule has 0 unspecified atom stereocenters. The maximum absolute atomic E-state index is 14.3. The Labute approximate surface area is 339 Å². The van der Waals surface area contributed by atoms with Crippen LogP contribution in [0.5, 0.6) is 11.5 Å². The maximum atomic E-state index is 14.3. The van der Waals surface area contributed by atoms with Gasteiger partial charge >= 0.3 is 0 Å². The third kappa shape index (κ3) is 7.77. The summed E-state index contributed by atoms with van der Waals surface area (Å²) >= 11 is 0.339. The molecule has 0 fully saturated rings. The van der Waals surface area contributed by atoms with Crippen LogP contribution in [0, 0.1) is 0 Å². The molecular weight excluding hydrogens is 853 g/mol. The van der Waals surface area contributed by atoms with Crippen molar-refractivity contribution in [2.24, 2.45) is 0 Å². The Morgan fingerprint density at radius 3 is 1.27 bits per heavy atom. The van der Waals surface area contributed by atoms with Gasteiger partial charge < -0.3 is 10.2 Å². The summed E-state index contributed by atoms with van der Waals surface area (Å²) in [5.74, 6) is -1.90. The highest BCUT2D eigenvalue weighted by Crippen LogP contribution is 2.57. The summed E-state index contributed by atoms with van der Waals surface area (Å²) in [6.45, 7) is 0. The summed E-state index contributed by atoms with van der Waals surface area (Å²) < 4.78 is 106. The van der Waals surface area contributed by atoms with Gasteiger partial charge in [0.1, 0.15) is 11.5 Å². The van der Waals surface area contributed by atoms with Gasteiger partial charge in [0, 0.05) is 27.1 Å². The Balaban J connectivity index is 1.49. The second-order valence-electron chi connectivity index (χ2n) is 13.1. The molecule has 6 aromatic carbocycles. The molecule has 6 aromatic rings. The zero-order chi connectivity index (χ0) is 42.7. The van der Waals surface area contributed by atoms with E-state index in [1.807, 2.05) is 0 Å². The van der Waals surface area contributed by atoms with E-state index in [4.69, 9.17) is 5.26 Å². The van der Waals surface area contributed by atoms with Crippen LogP contribution in [0.3, 0.4) is 0 Å². The predicted octanol–water partition coefficient (Wildman–Crippen LogP) is 6.09. The molecule has 0 aromatic heterocycles. The monoisotopic (exact) mass is 878 g/mol. The molecular formula is C39H26O16S4. The van der Waals surface area contributed by atoms with Crippen molar-refractivity contribution < 1.29 is 73.3 Å². The molecule has 302 valence electrons. The number of phenols is 2. The summed E-state index contributed by atoms with van der Waals surface area (Å²) in [5.41, 5.74) is 0.383. The molecule has 1 aliphatic rings. The molecule has 7 rings (SSSR count). The maximum Gasteiger partial charge on any atom is 0.294 e. The lowest BCUT2D eigenvalue weighted by molar-refractivity contribution is -0.432. The third-order valence-corrected chi connectivity index (χ3v) is 12.7. The van der Waals surface area contributed by atoms with Gasteiger partial charge in [0.2, 0.25) is 0 Å². The second kappa shape index (κ2) is 15.1. The first kappa shape index (κ1) is 41.4. The number of hydrogen-bond acceptors (Lipinski definition) is 14. The smallest absolute Gasteiger partial charge is 0.294 e. The number of rotatable bonds is 12. The summed E-state index contributed by atoms with van der Waals surface area (Å²) in [4.78, 5) is 25.7. The third-order valence-electron chi connectivity index (χ3n) is 9.60. The molecule has 0 radical (unpaired) electrons. The highest BCUT2D eigenvalue weighted by atomic mass is 32.2. The Morgan fingerprint density at radius 1 is 0.492 bits per heavy atom. The topological polar surface area (TPSA) is 276 Å². The lowest BCUT2D eigenvalue weighted by atomic mass is 9.67. The summed E-state index contributed by atoms with van der Waals surface area (Å²) in [6, 6.07) is 26.0. The first-order valence-electron chi connectivity index (χ1n) is 16.6. The largest absolute Gasteiger partial charge is 0.508 e. The first-order valence-corrected chi connectivity index (χ1v) is 21.6. The van der Waals surface area contributed by atoms with Crippen molar-refractivity contribution >= 4 is 54.0 Å². The zero-order valence-electron chi connectivity index (χ0n) is 29.4. The van der Waals surface area contributed by atoms with E-state index in [1.54, 1.807) is 36.4 Å². The lowest BCUT2D eigenvalue weighted by Gasteiger charge is -2.34. The molecule has 0 aliphatic heterocycles. The predicted molar refractivity (Wildman–Crippen MR) is 207 cm³/mol. The molecule has 16 nitrogen and oxygen atoms in total. The van der Waals surface area contributed by atoms with Crippen LogP contribution in [0.25, 0.3) is 11.1 Å². The fraction of sp³-hybridized carbons (Fsp3) is 0.0256. The SMILES string of the molecule is O=C(c1cc(SOOO)cc(S(=O)(=O)O)c1)c1ccc2c(c1)C(c1ccc(O)cc1)(c1ccc(O)cc1)c1cc(C(=O)c3cc(S(=O)(=O)O)cc(S(=O)(=O)O)c3)ccc1-2. The Kier molecular flexibility index (Phi) is 10.6. The summed E-state index contributed by atoms with van der Waals surface area (Å²) in [5, 5.41) is 32.9. The van der Waals surface area contributed by atoms with Gasteiger partial charge in [0.25, 0.3) is 30.4 Å². The van der Waals surface area contributed by atoms with E-state index in [0.29, 0.717) is 51.5 Å². The molecule has 0 saturated heterocycles. The van der Waals surface area contributed by atoms with Crippen molar-refractivity contribution in [2.75, 3.05) is 0 Å². The van der Waals surface area contributed by atoms with Crippen LogP contribution in [0.1, 0.15) is 54.1 Å². The number of hydrogen-bond donors (Lipinski definition) is 6. The molecule has 1 aliphatic carbocycles. The van der Waals surface area contributed by atoms with Crippen molar-refractivity contribution in [1.82, 2.24) is 0 Å². The molecule has 0 atom stereocenters. The minimum absolute atomic E-state index is 0.00248. The van der Waals surface area contributed by atoms with Crippen LogP contribution in [0.15, 0.2) is 141 Å². The van der Waals surface area contributed by atoms with E-state index in [1.165, 1.54) is 54.6 Å². The van der Waals surface area contributed by atoms with Crippen LogP contribution in [-0.2, 0) is 45.1 Å². The number of ketones is 2. The van der Waals surface area contributed by atoms with Gasteiger partial charge in [-0.1, -0.05) is 53.6 Å². The van der Waals surface area contributed by atoms with Crippen molar-refractivity contribution in [1.29, 1.82) is 0 Å². The van der Waals surface area contributed by atoms with Crippen LogP contribution < -0.4 is 0 Å². The van der Waals surface area contributed by atoms with Crippen molar-refractivity contribution in [2.45, 2.75) is 25.0 Å². The second-order valence-corrected chi connectivity index (χ2v) is 18.1. The lowest BCUT2D eigenvalue weighted by Crippen LogP contribution is -2.29. The number of carbonyl (C=O) groups is 2. The number of aromatic hydroxyl groups is 2. The van der Waals surface area contributed by atoms with Gasteiger partial charge in [0.15, 0.2) is 11.6 Å². The average molecular weight is 879 g/mol. The number of phenolic OH excluding ortho intramolecular Hbond substituents is 2. The van der Waals surface area contributed by atoms with E-state index < -0.39 is 67.6 Å². The molecule has 0 spiro atoms. The molecule has 20 heteroatoms. The highest BCUT2D eigenvalue weighted by molar-refractivity contribution is 7.94. The van der Waals surface area contributed by atoms with Gasteiger partial charge in [-0.3, -0.25) is 23.2 Å². The molecule has 59 heavy (non-hydrogen) atoms. The standard InChI is InChI=1S/C39H26O16S4/c40-27-7-3-25(4-8-27)39(26-5-9-28(41)10-6-26)35-17-21(37(42)23-13-29(56-55-54-44)19-30(14-23)57(45,46)47)1-11-33(35)34-12-2-22(18-36(34)39)38(43)24-15-31(58(48,49)50)20-32(16-24)59(51,52)53/h1-20,40-41,44H,(H,45,46,47)(H,48,49,50)(H,51,52,53). The van der Waals surface area contributed by atoms with Crippen LogP contribution in [0.2, 0.25) is 0 Å². The van der Waals surface area contributed by atoms with E-state index in [-0.39, 0.29) is 33.1 Å². The van der Waals surface area contributed by atoms with Crippen molar-refractivity contribution in [3.63, 3.8) is 0 Å². The fourth-order valence-corrected chi connectivity index (χ4v) is 9.37. The Hall–Kier alpha value is -5.78. The normalized spacial score (nSPS) is 13.4. The summed E-state index contributed by atoms with van der Waals surface area (Å²) in [6.07, 6.45) is 0. The average Bonchev–Trinajstić information content (AvgIpc) is 3.48. The molecule has 0 saturated carbocycles. The Morgan fingerprint density at radius 2 is 0.881 bits per heavy atom. The molecule has 0 bridgehead atoms. The van der Waals surface area contributed by atoms with E-state index in [2.05, 4.69) is 9.37 Å². The van der Waals surface area contributed by atoms with Crippen molar-refractivity contribution in [3.8, 4) is 22.6 Å². The van der Waals surface area contributed by atoms with Gasteiger partial charge in [-0.2, -0.15) is 25.3 Å². The van der Waals surface area contributed by atoms with Gasteiger partial charge in [0.05, 0.1) is 32.1 Å². The summed E-state index contributed by atoms with van der Waals surface area (Å²) in [7, 11) is -15.0. The van der Waals surface area contributed by atoms with Gasteiger partial charge in [-0.05, 0) is 106 Å². The quantitative estimate of drug-likeness (QED) is 0.0266. The molecule has 6 N–H and O–H groups in total. The van der Waals surface area contributed by atoms with E-state index >= 15 is 0 Å². The van der Waals surface area contributed by atoms with E-state index in [9.17, 15) is 58.7 Å². The van der Waals surface area contributed by atoms with Gasteiger partial charge in [-0.25, -0.2) is 5.26 Å². The fourth-order valence-electron chi connectivity index (χ4n) is 7.11. The number of fused-ring (bicyclic) bond motifs is 3. The number of carbonyl (C=O) groups excluding carboxylic acids is 2. The van der Waals surface area contributed by atoms with Crippen LogP contribution in [-0.4, -0.2) is 65.9 Å². The molecule has 0 heterocycles. The minimum atomic E-state index is -5.08. The van der Waals surface area contributed by atoms with Crippen LogP contribution in [0.4, 0.5) is 0 Å². The van der Waals surface area contributed by atoms with Crippen LogP contribution >= 0.6 is 12.0 Å². The van der Waals surface area contributed by atoms with Crippen molar-refractivity contribution in [3.05, 3.63) is 166 Å². The van der Waals surface area contributed by atoms with E-state index in [0.717, 1.165) is 24.3 Å². The van der Waals surface area contributed by atoms with Gasteiger partial charge in [-0.15, -0.1) is 4.33 Å². The minimum Gasteiger partial charge on any atom is -0.508 e. The first-order chi connectivity index (χ1) is 27.7. The number of benzene rings is 6.